The summed E-state index contributed by atoms with van der Waals surface area (Å²) in [6.45, 7) is 1.82. The van der Waals surface area contributed by atoms with Gasteiger partial charge in [-0.15, -0.1) is 0 Å². The lowest BCUT2D eigenvalue weighted by atomic mass is 9.99. The first-order valence-electron chi connectivity index (χ1n) is 8.02. The molecule has 0 aliphatic carbocycles. The van der Waals surface area contributed by atoms with Crippen molar-refractivity contribution in [3.05, 3.63) is 29.3 Å². The van der Waals surface area contributed by atoms with E-state index in [-0.39, 0.29) is 11.9 Å². The molecule has 2 aliphatic rings. The fourth-order valence-electron chi connectivity index (χ4n) is 3.42. The summed E-state index contributed by atoms with van der Waals surface area (Å²) in [6, 6.07) is 5.37. The molecule has 3 rings (SSSR count). The molecule has 1 amide bonds. The molecule has 2 N–H and O–H groups in total. The second-order valence-corrected chi connectivity index (χ2v) is 8.34. The second kappa shape index (κ2) is 6.13. The lowest BCUT2D eigenvalue weighted by Gasteiger charge is -2.32. The average molecular weight is 337 g/mol. The standard InChI is InChI=1S/C16H23N3O3S/c1-23(21,22)19-9-2-4-12-10-13(6-7-15(12)19)16(20)18-8-3-5-14(17)11-18/h6-7,10,14H,2-5,8-9,11,17H2,1H3. The van der Waals surface area contributed by atoms with Crippen molar-refractivity contribution in [1.29, 1.82) is 0 Å². The van der Waals surface area contributed by atoms with Crippen LogP contribution in [0.5, 0.6) is 0 Å². The van der Waals surface area contributed by atoms with E-state index < -0.39 is 10.0 Å². The zero-order chi connectivity index (χ0) is 16.6. The number of nitrogens with two attached hydrogens (primary N) is 1. The van der Waals surface area contributed by atoms with Gasteiger partial charge in [0.2, 0.25) is 10.0 Å². The van der Waals surface area contributed by atoms with Crippen LogP contribution >= 0.6 is 0 Å². The molecule has 23 heavy (non-hydrogen) atoms. The molecular weight excluding hydrogens is 314 g/mol. The first kappa shape index (κ1) is 16.3. The van der Waals surface area contributed by atoms with Gasteiger partial charge in [0.25, 0.3) is 5.91 Å². The number of anilines is 1. The average Bonchev–Trinajstić information content (AvgIpc) is 2.52. The topological polar surface area (TPSA) is 83.7 Å². The van der Waals surface area contributed by atoms with Crippen LogP contribution in [-0.4, -0.2) is 51.2 Å². The molecule has 7 heteroatoms. The lowest BCUT2D eigenvalue weighted by Crippen LogP contribution is -2.45. The van der Waals surface area contributed by atoms with E-state index in [4.69, 9.17) is 5.73 Å². The summed E-state index contributed by atoms with van der Waals surface area (Å²) in [5.41, 5.74) is 8.19. The van der Waals surface area contributed by atoms with Gasteiger partial charge in [0.15, 0.2) is 0 Å². The molecule has 1 atom stereocenters. The minimum atomic E-state index is -3.28. The molecule has 0 bridgehead atoms. The Kier molecular flexibility index (Phi) is 4.33. The molecule has 0 saturated carbocycles. The number of likely N-dealkylation sites (tertiary alicyclic amines) is 1. The van der Waals surface area contributed by atoms with Crippen LogP contribution in [0.1, 0.15) is 35.2 Å². The number of carbonyl (C=O) groups excluding carboxylic acids is 1. The number of hydrogen-bond acceptors (Lipinski definition) is 4. The van der Waals surface area contributed by atoms with Gasteiger partial charge >= 0.3 is 0 Å². The summed E-state index contributed by atoms with van der Waals surface area (Å²) in [5, 5.41) is 0. The molecule has 2 aliphatic heterocycles. The maximum absolute atomic E-state index is 12.6. The van der Waals surface area contributed by atoms with Crippen LogP contribution in [0.25, 0.3) is 0 Å². The van der Waals surface area contributed by atoms with Crippen LogP contribution in [0.4, 0.5) is 5.69 Å². The highest BCUT2D eigenvalue weighted by atomic mass is 32.2. The smallest absolute Gasteiger partial charge is 0.253 e. The fraction of sp³-hybridized carbons (Fsp3) is 0.562. The highest BCUT2D eigenvalue weighted by Crippen LogP contribution is 2.30. The van der Waals surface area contributed by atoms with E-state index in [1.54, 1.807) is 17.0 Å². The van der Waals surface area contributed by atoms with E-state index in [0.29, 0.717) is 24.3 Å². The minimum Gasteiger partial charge on any atom is -0.337 e. The Balaban J connectivity index is 1.87. The maximum atomic E-state index is 12.6. The normalized spacial score (nSPS) is 21.9. The number of carbonyl (C=O) groups is 1. The number of hydrogen-bond donors (Lipinski definition) is 1. The van der Waals surface area contributed by atoms with E-state index in [2.05, 4.69) is 0 Å². The molecule has 1 aromatic carbocycles. The molecule has 1 saturated heterocycles. The van der Waals surface area contributed by atoms with Crippen molar-refractivity contribution in [1.82, 2.24) is 4.90 Å². The number of benzene rings is 1. The van der Waals surface area contributed by atoms with Crippen LogP contribution < -0.4 is 10.0 Å². The van der Waals surface area contributed by atoms with E-state index >= 15 is 0 Å². The molecule has 1 fully saturated rings. The highest BCUT2D eigenvalue weighted by molar-refractivity contribution is 7.92. The van der Waals surface area contributed by atoms with E-state index in [0.717, 1.165) is 37.8 Å². The maximum Gasteiger partial charge on any atom is 0.253 e. The predicted molar refractivity (Wildman–Crippen MR) is 90.1 cm³/mol. The summed E-state index contributed by atoms with van der Waals surface area (Å²) in [7, 11) is -3.28. The number of amides is 1. The molecule has 0 aromatic heterocycles. The molecule has 6 nitrogen and oxygen atoms in total. The van der Waals surface area contributed by atoms with Gasteiger partial charge in [-0.1, -0.05) is 0 Å². The number of nitrogens with zero attached hydrogens (tertiary/aromatic N) is 2. The van der Waals surface area contributed by atoms with Gasteiger partial charge in [0.1, 0.15) is 0 Å². The van der Waals surface area contributed by atoms with Gasteiger partial charge in [0, 0.05) is 31.2 Å². The SMILES string of the molecule is CS(=O)(=O)N1CCCc2cc(C(=O)N3CCCC(N)C3)ccc21. The number of aryl methyl sites for hydroxylation is 1. The first-order chi connectivity index (χ1) is 10.9. The molecule has 0 spiro atoms. The first-order valence-corrected chi connectivity index (χ1v) is 9.86. The van der Waals surface area contributed by atoms with Crippen LogP contribution in [-0.2, 0) is 16.4 Å². The van der Waals surface area contributed by atoms with Gasteiger partial charge < -0.3 is 10.6 Å². The van der Waals surface area contributed by atoms with Crippen molar-refractivity contribution >= 4 is 21.6 Å². The summed E-state index contributed by atoms with van der Waals surface area (Å²) in [6.07, 6.45) is 4.67. The molecule has 1 aromatic rings. The van der Waals surface area contributed by atoms with Gasteiger partial charge in [-0.05, 0) is 49.4 Å². The number of piperidine rings is 1. The number of fused-ring (bicyclic) bond motifs is 1. The molecular formula is C16H23N3O3S. The van der Waals surface area contributed by atoms with E-state index in [1.807, 2.05) is 6.07 Å². The Morgan fingerprint density at radius 1 is 1.26 bits per heavy atom. The molecule has 1 unspecified atom stereocenters. The summed E-state index contributed by atoms with van der Waals surface area (Å²) >= 11 is 0. The van der Waals surface area contributed by atoms with Crippen molar-refractivity contribution in [2.75, 3.05) is 30.2 Å². The van der Waals surface area contributed by atoms with Crippen molar-refractivity contribution in [3.63, 3.8) is 0 Å². The zero-order valence-electron chi connectivity index (χ0n) is 13.4. The predicted octanol–water partition coefficient (Wildman–Crippen LogP) is 0.962. The Morgan fingerprint density at radius 2 is 2.04 bits per heavy atom. The zero-order valence-corrected chi connectivity index (χ0v) is 14.2. The Morgan fingerprint density at radius 3 is 2.74 bits per heavy atom. The summed E-state index contributed by atoms with van der Waals surface area (Å²) in [4.78, 5) is 14.4. The second-order valence-electron chi connectivity index (χ2n) is 6.44. The fourth-order valence-corrected chi connectivity index (χ4v) is 4.41. The quantitative estimate of drug-likeness (QED) is 0.871. The number of sulfonamides is 1. The lowest BCUT2D eigenvalue weighted by molar-refractivity contribution is 0.0708. The van der Waals surface area contributed by atoms with Crippen molar-refractivity contribution in [2.24, 2.45) is 5.73 Å². The molecule has 126 valence electrons. The van der Waals surface area contributed by atoms with Gasteiger partial charge in [-0.3, -0.25) is 9.10 Å². The minimum absolute atomic E-state index is 0.0144. The van der Waals surface area contributed by atoms with E-state index in [9.17, 15) is 13.2 Å². The Bertz CT molecular complexity index is 717. The Hall–Kier alpha value is -1.60. The molecule has 0 radical (unpaired) electrons. The highest BCUT2D eigenvalue weighted by Gasteiger charge is 2.27. The Labute approximate surface area is 137 Å². The third kappa shape index (κ3) is 3.35. The third-order valence-electron chi connectivity index (χ3n) is 4.55. The third-order valence-corrected chi connectivity index (χ3v) is 5.73. The van der Waals surface area contributed by atoms with Crippen molar-refractivity contribution < 1.29 is 13.2 Å². The van der Waals surface area contributed by atoms with E-state index in [1.165, 1.54) is 10.6 Å². The summed E-state index contributed by atoms with van der Waals surface area (Å²) in [5.74, 6) is -0.0144. The van der Waals surface area contributed by atoms with Crippen molar-refractivity contribution in [3.8, 4) is 0 Å². The van der Waals surface area contributed by atoms with Crippen LogP contribution in [0, 0.1) is 0 Å². The largest absolute Gasteiger partial charge is 0.337 e. The molecule has 2 heterocycles. The monoisotopic (exact) mass is 337 g/mol. The van der Waals surface area contributed by atoms with Gasteiger partial charge in [-0.2, -0.15) is 0 Å². The van der Waals surface area contributed by atoms with Crippen LogP contribution in [0.2, 0.25) is 0 Å². The van der Waals surface area contributed by atoms with Crippen molar-refractivity contribution in [2.45, 2.75) is 31.7 Å². The van der Waals surface area contributed by atoms with Crippen LogP contribution in [0.15, 0.2) is 18.2 Å². The van der Waals surface area contributed by atoms with Crippen LogP contribution in [0.3, 0.4) is 0 Å². The number of rotatable bonds is 2. The van der Waals surface area contributed by atoms with Gasteiger partial charge in [-0.25, -0.2) is 8.42 Å². The summed E-state index contributed by atoms with van der Waals surface area (Å²) < 4.78 is 25.2. The van der Waals surface area contributed by atoms with Gasteiger partial charge in [0.05, 0.1) is 11.9 Å².